The fraction of sp³-hybridized carbons (Fsp3) is 0.308. The molecule has 0 bridgehead atoms. The first-order chi connectivity index (χ1) is 18.3. The van der Waals surface area contributed by atoms with E-state index < -0.39 is 5.97 Å². The van der Waals surface area contributed by atoms with Gasteiger partial charge in [-0.2, -0.15) is 10.5 Å². The van der Waals surface area contributed by atoms with Gasteiger partial charge in [0.1, 0.15) is 28.0 Å². The van der Waals surface area contributed by atoms with Gasteiger partial charge in [0, 0.05) is 41.2 Å². The maximum absolute atomic E-state index is 12.3. The number of nitrogens with zero attached hydrogens (tertiary/aromatic N) is 5. The number of halogens is 1. The first-order valence-electron chi connectivity index (χ1n) is 11.8. The van der Waals surface area contributed by atoms with Crippen LogP contribution in [0.15, 0.2) is 34.7 Å². The van der Waals surface area contributed by atoms with E-state index in [0.717, 1.165) is 16.3 Å². The summed E-state index contributed by atoms with van der Waals surface area (Å²) in [7, 11) is 0. The number of thiazole rings is 1. The molecule has 1 fully saturated rings. The van der Waals surface area contributed by atoms with Crippen molar-refractivity contribution in [2.24, 2.45) is 0 Å². The monoisotopic (exact) mass is 566 g/mol. The normalized spacial score (nSPS) is 13.6. The highest BCUT2D eigenvalue weighted by Crippen LogP contribution is 2.39. The number of nitrogens with two attached hydrogens (primary N) is 1. The van der Waals surface area contributed by atoms with E-state index >= 15 is 0 Å². The summed E-state index contributed by atoms with van der Waals surface area (Å²) in [6.07, 6.45) is 0.808. The van der Waals surface area contributed by atoms with Crippen LogP contribution in [0.1, 0.15) is 54.0 Å². The van der Waals surface area contributed by atoms with Gasteiger partial charge in [-0.25, -0.2) is 9.97 Å². The standard InChI is InChI=1S/C26H23ClN6O3S2/c27-17-3-1-16(2-4-17)25-31-18(13-37-25)14-38-26-20(12-29)23(19(11-28)24(30)32-26)15-7-9-33(10-8-15)21(34)5-6-22(35)36/h1-4,13,15H,5-10,14H2,(H2,30,32)(H,35,36). The number of hydrogen-bond acceptors (Lipinski definition) is 9. The number of pyridine rings is 1. The second-order valence-corrected chi connectivity index (χ2v) is 10.9. The zero-order valence-corrected chi connectivity index (χ0v) is 22.6. The quantitative estimate of drug-likeness (QED) is 0.356. The molecule has 0 radical (unpaired) electrons. The summed E-state index contributed by atoms with van der Waals surface area (Å²) in [5.41, 5.74) is 9.05. The third kappa shape index (κ3) is 6.25. The number of piperidine rings is 1. The molecule has 194 valence electrons. The highest BCUT2D eigenvalue weighted by molar-refractivity contribution is 7.98. The molecule has 0 saturated carbocycles. The largest absolute Gasteiger partial charge is 0.481 e. The van der Waals surface area contributed by atoms with Crippen molar-refractivity contribution in [3.63, 3.8) is 0 Å². The van der Waals surface area contributed by atoms with Gasteiger partial charge in [-0.15, -0.1) is 11.3 Å². The molecule has 1 amide bonds. The molecule has 3 heterocycles. The van der Waals surface area contributed by atoms with Gasteiger partial charge < -0.3 is 15.7 Å². The Morgan fingerprint density at radius 3 is 2.45 bits per heavy atom. The van der Waals surface area contributed by atoms with Gasteiger partial charge >= 0.3 is 5.97 Å². The zero-order valence-electron chi connectivity index (χ0n) is 20.2. The number of anilines is 1. The van der Waals surface area contributed by atoms with Crippen LogP contribution in [-0.4, -0.2) is 44.9 Å². The first-order valence-corrected chi connectivity index (χ1v) is 14.0. The Morgan fingerprint density at radius 2 is 1.82 bits per heavy atom. The van der Waals surface area contributed by atoms with Crippen molar-refractivity contribution in [2.45, 2.75) is 42.4 Å². The highest BCUT2D eigenvalue weighted by atomic mass is 35.5. The number of aliphatic carboxylic acids is 1. The van der Waals surface area contributed by atoms with Crippen molar-refractivity contribution in [1.29, 1.82) is 10.5 Å². The maximum Gasteiger partial charge on any atom is 0.303 e. The third-order valence-electron chi connectivity index (χ3n) is 6.26. The van der Waals surface area contributed by atoms with Crippen LogP contribution in [0.5, 0.6) is 0 Å². The van der Waals surface area contributed by atoms with Crippen LogP contribution in [0.25, 0.3) is 10.6 Å². The average Bonchev–Trinajstić information content (AvgIpc) is 3.39. The zero-order chi connectivity index (χ0) is 27.2. The summed E-state index contributed by atoms with van der Waals surface area (Å²) in [4.78, 5) is 33.8. The second kappa shape index (κ2) is 12.3. The Labute approximate surface area is 232 Å². The maximum atomic E-state index is 12.3. The molecule has 1 aromatic carbocycles. The summed E-state index contributed by atoms with van der Waals surface area (Å²) in [5.74, 6) is -0.833. The van der Waals surface area contributed by atoms with E-state index in [1.165, 1.54) is 23.1 Å². The Kier molecular flexibility index (Phi) is 8.85. The molecule has 3 aromatic rings. The summed E-state index contributed by atoms with van der Waals surface area (Å²) >= 11 is 8.83. The topological polar surface area (TPSA) is 157 Å². The second-order valence-electron chi connectivity index (χ2n) is 8.68. The molecule has 3 N–H and O–H groups in total. The van der Waals surface area contributed by atoms with Crippen LogP contribution < -0.4 is 5.73 Å². The lowest BCUT2D eigenvalue weighted by Gasteiger charge is -2.33. The molecule has 9 nitrogen and oxygen atoms in total. The molecule has 1 aliphatic heterocycles. The van der Waals surface area contributed by atoms with E-state index in [9.17, 15) is 20.1 Å². The van der Waals surface area contributed by atoms with Crippen molar-refractivity contribution in [3.8, 4) is 22.7 Å². The molecule has 0 atom stereocenters. The molecule has 0 unspecified atom stereocenters. The van der Waals surface area contributed by atoms with Crippen LogP contribution in [0, 0.1) is 22.7 Å². The third-order valence-corrected chi connectivity index (χ3v) is 8.46. The average molecular weight is 567 g/mol. The Hall–Kier alpha value is -3.64. The van der Waals surface area contributed by atoms with E-state index in [1.807, 2.05) is 29.6 Å². The molecule has 1 saturated heterocycles. The number of carbonyl (C=O) groups is 2. The minimum atomic E-state index is -1.01. The van der Waals surface area contributed by atoms with E-state index in [4.69, 9.17) is 22.4 Å². The number of hydrogen-bond donors (Lipinski definition) is 2. The molecular formula is C26H23ClN6O3S2. The van der Waals surface area contributed by atoms with Gasteiger partial charge in [0.25, 0.3) is 0 Å². The number of benzene rings is 1. The molecule has 0 spiro atoms. The van der Waals surface area contributed by atoms with Gasteiger partial charge in [0.2, 0.25) is 5.91 Å². The molecule has 2 aromatic heterocycles. The molecular weight excluding hydrogens is 544 g/mol. The number of aromatic nitrogens is 2. The summed E-state index contributed by atoms with van der Waals surface area (Å²) < 4.78 is 0. The Morgan fingerprint density at radius 1 is 1.13 bits per heavy atom. The number of carbonyl (C=O) groups excluding carboxylic acids is 1. The summed E-state index contributed by atoms with van der Waals surface area (Å²) in [6.45, 7) is 0.825. The van der Waals surface area contributed by atoms with Crippen molar-refractivity contribution < 1.29 is 14.7 Å². The lowest BCUT2D eigenvalue weighted by Crippen LogP contribution is -2.38. The number of nitrogen functional groups attached to an aromatic ring is 1. The van der Waals surface area contributed by atoms with Crippen LogP contribution in [-0.2, 0) is 15.3 Å². The lowest BCUT2D eigenvalue weighted by atomic mass is 9.84. The number of rotatable bonds is 8. The van der Waals surface area contributed by atoms with Crippen molar-refractivity contribution in [3.05, 3.63) is 57.1 Å². The fourth-order valence-corrected chi connectivity index (χ4v) is 6.32. The number of carboxylic acids is 1. The van der Waals surface area contributed by atoms with Gasteiger partial charge in [0.15, 0.2) is 0 Å². The lowest BCUT2D eigenvalue weighted by molar-refractivity contribution is -0.141. The van der Waals surface area contributed by atoms with Gasteiger partial charge in [-0.1, -0.05) is 35.5 Å². The van der Waals surface area contributed by atoms with Crippen LogP contribution in [0.2, 0.25) is 5.02 Å². The van der Waals surface area contributed by atoms with Crippen molar-refractivity contribution >= 4 is 52.4 Å². The predicted molar refractivity (Wildman–Crippen MR) is 146 cm³/mol. The first kappa shape index (κ1) is 27.4. The predicted octanol–water partition coefficient (Wildman–Crippen LogP) is 5.05. The number of carboxylic acid groups (broad SMARTS) is 1. The summed E-state index contributed by atoms with van der Waals surface area (Å²) in [6, 6.07) is 11.8. The number of thioether (sulfide) groups is 1. The Bertz CT molecular complexity index is 1440. The smallest absolute Gasteiger partial charge is 0.303 e. The van der Waals surface area contributed by atoms with Gasteiger partial charge in [-0.3, -0.25) is 9.59 Å². The minimum absolute atomic E-state index is 0.0494. The number of likely N-dealkylation sites (tertiary alicyclic amines) is 1. The van der Waals surface area contributed by atoms with E-state index in [1.54, 1.807) is 4.90 Å². The van der Waals surface area contributed by atoms with Gasteiger partial charge in [-0.05, 0) is 36.5 Å². The molecule has 12 heteroatoms. The van der Waals surface area contributed by atoms with Crippen molar-refractivity contribution in [2.75, 3.05) is 18.8 Å². The van der Waals surface area contributed by atoms with Crippen LogP contribution in [0.4, 0.5) is 5.82 Å². The molecule has 38 heavy (non-hydrogen) atoms. The molecule has 1 aliphatic rings. The number of amides is 1. The minimum Gasteiger partial charge on any atom is -0.481 e. The van der Waals surface area contributed by atoms with Crippen molar-refractivity contribution in [1.82, 2.24) is 14.9 Å². The van der Waals surface area contributed by atoms with Crippen LogP contribution >= 0.6 is 34.7 Å². The molecule has 0 aliphatic carbocycles. The van der Waals surface area contributed by atoms with E-state index in [2.05, 4.69) is 22.1 Å². The molecule has 4 rings (SSSR count). The number of nitriles is 2. The van der Waals surface area contributed by atoms with Gasteiger partial charge in [0.05, 0.1) is 23.2 Å². The fourth-order valence-electron chi connectivity index (χ4n) is 4.37. The highest BCUT2D eigenvalue weighted by Gasteiger charge is 2.30. The van der Waals surface area contributed by atoms with Crippen LogP contribution in [0.3, 0.4) is 0 Å². The SMILES string of the molecule is N#Cc1c(N)nc(SCc2csc(-c3ccc(Cl)cc3)n2)c(C#N)c1C1CCN(C(=O)CCC(=O)O)CC1. The van der Waals surface area contributed by atoms with E-state index in [0.29, 0.717) is 52.9 Å². The van der Waals surface area contributed by atoms with E-state index in [-0.39, 0.29) is 36.0 Å². The summed E-state index contributed by atoms with van der Waals surface area (Å²) in [5, 5.41) is 32.6. The Balaban J connectivity index is 1.52.